The standard InChI is InChI=1S/C18H17BrN4O3S2/c1-12-3-2-4-13(11-12)17-22-23-18(27-17)21-16(24)9-10-20-28(25,26)15-7-5-14(19)6-8-15/h2-8,11,20H,9-10H2,1H3,(H,21,23,24). The van der Waals surface area contributed by atoms with Gasteiger partial charge in [-0.25, -0.2) is 13.1 Å². The van der Waals surface area contributed by atoms with Crippen LogP contribution in [0.3, 0.4) is 0 Å². The molecule has 7 nitrogen and oxygen atoms in total. The molecule has 0 saturated carbocycles. The van der Waals surface area contributed by atoms with Crippen molar-refractivity contribution in [3.8, 4) is 10.6 Å². The summed E-state index contributed by atoms with van der Waals surface area (Å²) in [4.78, 5) is 12.2. The predicted molar refractivity (Wildman–Crippen MR) is 113 cm³/mol. The van der Waals surface area contributed by atoms with Gasteiger partial charge in [-0.1, -0.05) is 51.0 Å². The number of rotatable bonds is 7. The van der Waals surface area contributed by atoms with Gasteiger partial charge in [0.1, 0.15) is 5.01 Å². The van der Waals surface area contributed by atoms with Crippen LogP contribution >= 0.6 is 27.3 Å². The Morgan fingerprint density at radius 3 is 2.61 bits per heavy atom. The minimum atomic E-state index is -3.66. The lowest BCUT2D eigenvalue weighted by Crippen LogP contribution is -2.27. The van der Waals surface area contributed by atoms with E-state index in [1.54, 1.807) is 12.1 Å². The molecule has 2 aromatic carbocycles. The maximum atomic E-state index is 12.2. The van der Waals surface area contributed by atoms with Crippen molar-refractivity contribution in [2.24, 2.45) is 0 Å². The van der Waals surface area contributed by atoms with Crippen molar-refractivity contribution in [2.45, 2.75) is 18.2 Å². The number of nitrogens with zero attached hydrogens (tertiary/aromatic N) is 2. The Kier molecular flexibility index (Phi) is 6.55. The first-order valence-electron chi connectivity index (χ1n) is 8.29. The van der Waals surface area contributed by atoms with E-state index < -0.39 is 10.0 Å². The van der Waals surface area contributed by atoms with Gasteiger partial charge < -0.3 is 5.32 Å². The fourth-order valence-electron chi connectivity index (χ4n) is 2.35. The summed E-state index contributed by atoms with van der Waals surface area (Å²) in [5.74, 6) is -0.342. The van der Waals surface area contributed by atoms with E-state index >= 15 is 0 Å². The van der Waals surface area contributed by atoms with E-state index in [-0.39, 0.29) is 23.8 Å². The second-order valence-electron chi connectivity index (χ2n) is 5.93. The smallest absolute Gasteiger partial charge is 0.240 e. The fraction of sp³-hybridized carbons (Fsp3) is 0.167. The van der Waals surface area contributed by atoms with Crippen molar-refractivity contribution in [3.63, 3.8) is 0 Å². The molecular formula is C18H17BrN4O3S2. The van der Waals surface area contributed by atoms with Gasteiger partial charge in [-0.3, -0.25) is 4.79 Å². The number of carbonyl (C=O) groups excluding carboxylic acids is 1. The number of halogens is 1. The first-order chi connectivity index (χ1) is 13.3. The average Bonchev–Trinajstić information content (AvgIpc) is 3.10. The molecule has 1 heterocycles. The normalized spacial score (nSPS) is 11.4. The zero-order valence-electron chi connectivity index (χ0n) is 14.8. The van der Waals surface area contributed by atoms with Crippen molar-refractivity contribution >= 4 is 48.3 Å². The van der Waals surface area contributed by atoms with Crippen LogP contribution in [0.15, 0.2) is 57.9 Å². The molecule has 0 saturated heterocycles. The summed E-state index contributed by atoms with van der Waals surface area (Å²) < 4.78 is 27.6. The Bertz CT molecular complexity index is 1080. The number of amides is 1. The van der Waals surface area contributed by atoms with Crippen LogP contribution < -0.4 is 10.0 Å². The van der Waals surface area contributed by atoms with Gasteiger partial charge in [0.2, 0.25) is 21.1 Å². The molecule has 1 amide bonds. The number of sulfonamides is 1. The molecule has 3 rings (SSSR count). The van der Waals surface area contributed by atoms with Crippen LogP contribution in [0.4, 0.5) is 5.13 Å². The Morgan fingerprint density at radius 2 is 1.89 bits per heavy atom. The molecule has 0 spiro atoms. The average molecular weight is 481 g/mol. The summed E-state index contributed by atoms with van der Waals surface area (Å²) in [5.41, 5.74) is 2.04. The highest BCUT2D eigenvalue weighted by atomic mass is 79.9. The maximum Gasteiger partial charge on any atom is 0.240 e. The third-order valence-electron chi connectivity index (χ3n) is 3.70. The largest absolute Gasteiger partial charge is 0.300 e. The quantitative estimate of drug-likeness (QED) is 0.537. The monoisotopic (exact) mass is 480 g/mol. The van der Waals surface area contributed by atoms with Gasteiger partial charge in [0, 0.05) is 23.0 Å². The molecular weight excluding hydrogens is 464 g/mol. The van der Waals surface area contributed by atoms with Crippen molar-refractivity contribution < 1.29 is 13.2 Å². The Labute approximate surface area is 175 Å². The Balaban J connectivity index is 1.53. The highest BCUT2D eigenvalue weighted by Gasteiger charge is 2.15. The van der Waals surface area contributed by atoms with E-state index in [9.17, 15) is 13.2 Å². The summed E-state index contributed by atoms with van der Waals surface area (Å²) in [7, 11) is -3.66. The molecule has 0 fully saturated rings. The van der Waals surface area contributed by atoms with E-state index in [1.807, 2.05) is 31.2 Å². The lowest BCUT2D eigenvalue weighted by molar-refractivity contribution is -0.116. The molecule has 0 aliphatic heterocycles. The number of nitrogens with one attached hydrogen (secondary N) is 2. The summed E-state index contributed by atoms with van der Waals surface area (Å²) in [6.45, 7) is 1.97. The van der Waals surface area contributed by atoms with Crippen LogP contribution in [-0.4, -0.2) is 31.1 Å². The fourth-order valence-corrected chi connectivity index (χ4v) is 4.40. The third-order valence-corrected chi connectivity index (χ3v) is 6.60. The molecule has 146 valence electrons. The summed E-state index contributed by atoms with van der Waals surface area (Å²) >= 11 is 4.52. The second kappa shape index (κ2) is 8.91. The zero-order valence-corrected chi connectivity index (χ0v) is 18.1. The number of hydrogen-bond donors (Lipinski definition) is 2. The molecule has 0 unspecified atom stereocenters. The number of carbonyl (C=O) groups is 1. The van der Waals surface area contributed by atoms with Gasteiger partial charge in [-0.15, -0.1) is 10.2 Å². The molecule has 0 radical (unpaired) electrons. The van der Waals surface area contributed by atoms with Gasteiger partial charge >= 0.3 is 0 Å². The van der Waals surface area contributed by atoms with E-state index in [2.05, 4.69) is 36.2 Å². The van der Waals surface area contributed by atoms with E-state index in [0.29, 0.717) is 10.1 Å². The minimum absolute atomic E-state index is 0.0187. The Morgan fingerprint density at radius 1 is 1.14 bits per heavy atom. The molecule has 1 aromatic heterocycles. The first kappa shape index (κ1) is 20.6. The van der Waals surface area contributed by atoms with Crippen LogP contribution in [0.1, 0.15) is 12.0 Å². The molecule has 2 N–H and O–H groups in total. The molecule has 0 atom stereocenters. The highest BCUT2D eigenvalue weighted by molar-refractivity contribution is 9.10. The SMILES string of the molecule is Cc1cccc(-c2nnc(NC(=O)CCNS(=O)(=O)c3ccc(Br)cc3)s2)c1. The van der Waals surface area contributed by atoms with Crippen LogP contribution in [0.2, 0.25) is 0 Å². The van der Waals surface area contributed by atoms with E-state index in [0.717, 1.165) is 15.6 Å². The first-order valence-corrected chi connectivity index (χ1v) is 11.4. The zero-order chi connectivity index (χ0) is 20.1. The van der Waals surface area contributed by atoms with Crippen LogP contribution in [0.5, 0.6) is 0 Å². The number of aryl methyl sites for hydroxylation is 1. The highest BCUT2D eigenvalue weighted by Crippen LogP contribution is 2.26. The third kappa shape index (κ3) is 5.44. The minimum Gasteiger partial charge on any atom is -0.300 e. The topological polar surface area (TPSA) is 101 Å². The number of hydrogen-bond acceptors (Lipinski definition) is 6. The van der Waals surface area contributed by atoms with Crippen LogP contribution in [-0.2, 0) is 14.8 Å². The van der Waals surface area contributed by atoms with E-state index in [4.69, 9.17) is 0 Å². The summed E-state index contributed by atoms with van der Waals surface area (Å²) in [6.07, 6.45) is -0.0187. The van der Waals surface area contributed by atoms with Gasteiger partial charge in [0.05, 0.1) is 4.90 Å². The predicted octanol–water partition coefficient (Wildman–Crippen LogP) is 3.58. The number of benzene rings is 2. The maximum absolute atomic E-state index is 12.2. The van der Waals surface area contributed by atoms with Crippen molar-refractivity contribution in [1.82, 2.24) is 14.9 Å². The molecule has 0 bridgehead atoms. The number of anilines is 1. The van der Waals surface area contributed by atoms with Crippen molar-refractivity contribution in [2.75, 3.05) is 11.9 Å². The van der Waals surface area contributed by atoms with Crippen molar-refractivity contribution in [1.29, 1.82) is 0 Å². The summed E-state index contributed by atoms with van der Waals surface area (Å²) in [6, 6.07) is 14.1. The molecule has 10 heteroatoms. The Hall–Kier alpha value is -2.14. The molecule has 0 aliphatic carbocycles. The lowest BCUT2D eigenvalue weighted by Gasteiger charge is -2.06. The van der Waals surface area contributed by atoms with Crippen LogP contribution in [0.25, 0.3) is 10.6 Å². The summed E-state index contributed by atoms with van der Waals surface area (Å²) in [5, 5.41) is 11.8. The lowest BCUT2D eigenvalue weighted by atomic mass is 10.1. The van der Waals surface area contributed by atoms with Gasteiger partial charge in [-0.2, -0.15) is 0 Å². The molecule has 0 aliphatic rings. The van der Waals surface area contributed by atoms with Gasteiger partial charge in [0.15, 0.2) is 0 Å². The van der Waals surface area contributed by atoms with Crippen LogP contribution in [0, 0.1) is 6.92 Å². The molecule has 28 heavy (non-hydrogen) atoms. The number of aromatic nitrogens is 2. The van der Waals surface area contributed by atoms with Gasteiger partial charge in [-0.05, 0) is 37.3 Å². The molecule has 3 aromatic rings. The van der Waals surface area contributed by atoms with Crippen molar-refractivity contribution in [3.05, 3.63) is 58.6 Å². The second-order valence-corrected chi connectivity index (χ2v) is 9.59. The van der Waals surface area contributed by atoms with Gasteiger partial charge in [0.25, 0.3) is 0 Å². The van der Waals surface area contributed by atoms with E-state index in [1.165, 1.54) is 23.5 Å².